The van der Waals surface area contributed by atoms with Crippen LogP contribution in [0.1, 0.15) is 16.6 Å². The van der Waals surface area contributed by atoms with Gasteiger partial charge in [0, 0.05) is 24.4 Å². The average Bonchev–Trinajstić information content (AvgIpc) is 2.88. The highest BCUT2D eigenvalue weighted by atomic mass is 32.1. The van der Waals surface area contributed by atoms with E-state index in [1.165, 1.54) is 11.0 Å². The second-order valence-electron chi connectivity index (χ2n) is 4.17. The molecule has 96 valence electrons. The smallest absolute Gasteiger partial charge is 0.115 e. The predicted molar refractivity (Wildman–Crippen MR) is 75.4 cm³/mol. The lowest BCUT2D eigenvalue weighted by molar-refractivity contribution is 0.547. The highest BCUT2D eigenvalue weighted by molar-refractivity contribution is 7.18. The molecule has 1 unspecified atom stereocenters. The third kappa shape index (κ3) is 2.60. The van der Waals surface area contributed by atoms with Crippen LogP contribution in [0.25, 0.3) is 10.2 Å². The fourth-order valence-electron chi connectivity index (χ4n) is 1.95. The largest absolute Gasteiger partial charge is 0.271 e. The van der Waals surface area contributed by atoms with Gasteiger partial charge >= 0.3 is 0 Å². The third-order valence-electron chi connectivity index (χ3n) is 2.90. The standard InChI is InChI=1S/C13H13N5S/c14-18-11(9-6-15-8-16-7-9)5-13-17-10-3-1-2-4-12(10)19-13/h1-4,6-8,11,18H,5,14H2. The van der Waals surface area contributed by atoms with Crippen LogP contribution in [0.5, 0.6) is 0 Å². The van der Waals surface area contributed by atoms with Gasteiger partial charge in [0.15, 0.2) is 0 Å². The molecule has 0 bridgehead atoms. The lowest BCUT2D eigenvalue weighted by Crippen LogP contribution is -2.29. The molecule has 2 heterocycles. The molecular weight excluding hydrogens is 258 g/mol. The van der Waals surface area contributed by atoms with E-state index in [-0.39, 0.29) is 6.04 Å². The van der Waals surface area contributed by atoms with Crippen LogP contribution in [0.2, 0.25) is 0 Å². The van der Waals surface area contributed by atoms with Crippen molar-refractivity contribution in [1.82, 2.24) is 20.4 Å². The second kappa shape index (κ2) is 5.40. The summed E-state index contributed by atoms with van der Waals surface area (Å²) in [6.45, 7) is 0. The van der Waals surface area contributed by atoms with Crippen LogP contribution in [-0.2, 0) is 6.42 Å². The van der Waals surface area contributed by atoms with Gasteiger partial charge in [-0.2, -0.15) is 0 Å². The SMILES string of the molecule is NNC(Cc1nc2ccccc2s1)c1cncnc1. The zero-order valence-corrected chi connectivity index (χ0v) is 11.0. The van der Waals surface area contributed by atoms with Crippen LogP contribution in [0.15, 0.2) is 43.0 Å². The summed E-state index contributed by atoms with van der Waals surface area (Å²) in [6.07, 6.45) is 5.77. The van der Waals surface area contributed by atoms with Crippen molar-refractivity contribution in [2.75, 3.05) is 0 Å². The van der Waals surface area contributed by atoms with Crippen LogP contribution in [0.3, 0.4) is 0 Å². The minimum Gasteiger partial charge on any atom is -0.271 e. The lowest BCUT2D eigenvalue weighted by atomic mass is 10.1. The highest BCUT2D eigenvalue weighted by Gasteiger charge is 2.14. The Hall–Kier alpha value is -1.89. The number of hydrazine groups is 1. The highest BCUT2D eigenvalue weighted by Crippen LogP contribution is 2.25. The van der Waals surface area contributed by atoms with Crippen molar-refractivity contribution >= 4 is 21.6 Å². The van der Waals surface area contributed by atoms with Crippen molar-refractivity contribution in [3.05, 3.63) is 53.6 Å². The number of rotatable bonds is 4. The molecule has 0 saturated heterocycles. The Kier molecular flexibility index (Phi) is 3.45. The molecule has 0 fully saturated rings. The fourth-order valence-corrected chi connectivity index (χ4v) is 2.96. The number of fused-ring (bicyclic) bond motifs is 1. The van der Waals surface area contributed by atoms with Gasteiger partial charge in [0.25, 0.3) is 0 Å². The minimum absolute atomic E-state index is 0.0261. The van der Waals surface area contributed by atoms with Gasteiger partial charge in [-0.25, -0.2) is 15.0 Å². The number of hydrogen-bond donors (Lipinski definition) is 2. The van der Waals surface area contributed by atoms with Crippen molar-refractivity contribution in [3.8, 4) is 0 Å². The van der Waals surface area contributed by atoms with Gasteiger partial charge in [0.05, 0.1) is 21.3 Å². The van der Waals surface area contributed by atoms with Gasteiger partial charge in [-0.3, -0.25) is 11.3 Å². The van der Waals surface area contributed by atoms with Gasteiger partial charge < -0.3 is 0 Å². The molecule has 0 aliphatic carbocycles. The summed E-state index contributed by atoms with van der Waals surface area (Å²) in [5.41, 5.74) is 4.79. The summed E-state index contributed by atoms with van der Waals surface area (Å²) >= 11 is 1.69. The van der Waals surface area contributed by atoms with E-state index in [9.17, 15) is 0 Å². The lowest BCUT2D eigenvalue weighted by Gasteiger charge is -2.13. The van der Waals surface area contributed by atoms with E-state index in [1.54, 1.807) is 23.7 Å². The Morgan fingerprint density at radius 2 is 2.00 bits per heavy atom. The monoisotopic (exact) mass is 271 g/mol. The minimum atomic E-state index is -0.0261. The Morgan fingerprint density at radius 3 is 2.74 bits per heavy atom. The molecule has 0 radical (unpaired) electrons. The van der Waals surface area contributed by atoms with Crippen molar-refractivity contribution in [2.24, 2.45) is 5.84 Å². The number of benzene rings is 1. The Balaban J connectivity index is 1.86. The first kappa shape index (κ1) is 12.2. The van der Waals surface area contributed by atoms with E-state index in [2.05, 4.69) is 26.4 Å². The fraction of sp³-hybridized carbons (Fsp3) is 0.154. The van der Waals surface area contributed by atoms with E-state index in [0.29, 0.717) is 0 Å². The molecule has 3 aromatic rings. The van der Waals surface area contributed by atoms with E-state index >= 15 is 0 Å². The zero-order chi connectivity index (χ0) is 13.1. The molecule has 1 aromatic carbocycles. The van der Waals surface area contributed by atoms with Crippen molar-refractivity contribution in [1.29, 1.82) is 0 Å². The number of para-hydroxylation sites is 1. The quantitative estimate of drug-likeness (QED) is 0.559. The average molecular weight is 271 g/mol. The Labute approximate surface area is 114 Å². The summed E-state index contributed by atoms with van der Waals surface area (Å²) in [4.78, 5) is 12.6. The van der Waals surface area contributed by atoms with Gasteiger partial charge in [-0.15, -0.1) is 11.3 Å². The molecule has 19 heavy (non-hydrogen) atoms. The van der Waals surface area contributed by atoms with Gasteiger partial charge in [0.2, 0.25) is 0 Å². The third-order valence-corrected chi connectivity index (χ3v) is 3.96. The van der Waals surface area contributed by atoms with Crippen molar-refractivity contribution in [3.63, 3.8) is 0 Å². The summed E-state index contributed by atoms with van der Waals surface area (Å²) in [7, 11) is 0. The van der Waals surface area contributed by atoms with E-state index < -0.39 is 0 Å². The summed E-state index contributed by atoms with van der Waals surface area (Å²) in [5, 5.41) is 1.05. The molecule has 5 nitrogen and oxygen atoms in total. The molecule has 0 spiro atoms. The normalized spacial score (nSPS) is 12.7. The van der Waals surface area contributed by atoms with E-state index in [4.69, 9.17) is 5.84 Å². The van der Waals surface area contributed by atoms with Crippen LogP contribution in [0.4, 0.5) is 0 Å². The number of thiazole rings is 1. The van der Waals surface area contributed by atoms with E-state index in [0.717, 1.165) is 22.5 Å². The molecule has 3 rings (SSSR count). The molecule has 0 aliphatic heterocycles. The summed E-state index contributed by atoms with van der Waals surface area (Å²) in [6, 6.07) is 8.09. The molecular formula is C13H13N5S. The first-order valence-corrected chi connectivity index (χ1v) is 6.74. The van der Waals surface area contributed by atoms with Crippen LogP contribution < -0.4 is 11.3 Å². The van der Waals surface area contributed by atoms with Crippen molar-refractivity contribution in [2.45, 2.75) is 12.5 Å². The zero-order valence-electron chi connectivity index (χ0n) is 10.2. The maximum atomic E-state index is 5.62. The van der Waals surface area contributed by atoms with E-state index in [1.807, 2.05) is 18.2 Å². The summed E-state index contributed by atoms with van der Waals surface area (Å²) in [5.74, 6) is 5.62. The number of hydrogen-bond acceptors (Lipinski definition) is 6. The maximum absolute atomic E-state index is 5.62. The van der Waals surface area contributed by atoms with Crippen LogP contribution in [-0.4, -0.2) is 15.0 Å². The molecule has 0 amide bonds. The number of nitrogens with two attached hydrogens (primary N) is 1. The van der Waals surface area contributed by atoms with Gasteiger partial charge in [-0.05, 0) is 12.1 Å². The number of nitrogens with one attached hydrogen (secondary N) is 1. The first-order valence-electron chi connectivity index (χ1n) is 5.92. The molecule has 2 aromatic heterocycles. The molecule has 0 saturated carbocycles. The molecule has 6 heteroatoms. The van der Waals surface area contributed by atoms with Gasteiger partial charge in [0.1, 0.15) is 6.33 Å². The molecule has 3 N–H and O–H groups in total. The Morgan fingerprint density at radius 1 is 1.21 bits per heavy atom. The van der Waals surface area contributed by atoms with Crippen molar-refractivity contribution < 1.29 is 0 Å². The first-order chi connectivity index (χ1) is 9.36. The Bertz CT molecular complexity index is 634. The van der Waals surface area contributed by atoms with Crippen LogP contribution in [0, 0.1) is 0 Å². The topological polar surface area (TPSA) is 76.7 Å². The van der Waals surface area contributed by atoms with Crippen LogP contribution >= 0.6 is 11.3 Å². The predicted octanol–water partition coefficient (Wildman–Crippen LogP) is 1.83. The maximum Gasteiger partial charge on any atom is 0.115 e. The number of aromatic nitrogens is 3. The number of nitrogens with zero attached hydrogens (tertiary/aromatic N) is 3. The van der Waals surface area contributed by atoms with Gasteiger partial charge in [-0.1, -0.05) is 12.1 Å². The summed E-state index contributed by atoms with van der Waals surface area (Å²) < 4.78 is 1.19. The molecule has 1 atom stereocenters. The second-order valence-corrected chi connectivity index (χ2v) is 5.29. The molecule has 0 aliphatic rings.